The van der Waals surface area contributed by atoms with Gasteiger partial charge in [0.2, 0.25) is 11.8 Å². The molecule has 0 atom stereocenters. The number of rotatable bonds is 19. The van der Waals surface area contributed by atoms with Crippen LogP contribution >= 0.6 is 0 Å². The summed E-state index contributed by atoms with van der Waals surface area (Å²) < 4.78 is 11.8. The summed E-state index contributed by atoms with van der Waals surface area (Å²) in [4.78, 5) is 24.7. The second kappa shape index (κ2) is 20.1. The van der Waals surface area contributed by atoms with Crippen molar-refractivity contribution in [2.45, 2.75) is 128 Å². The van der Waals surface area contributed by atoms with Gasteiger partial charge in [0.05, 0.1) is 13.2 Å². The first kappa shape index (κ1) is 33.9. The van der Waals surface area contributed by atoms with Crippen molar-refractivity contribution in [1.82, 2.24) is 0 Å². The van der Waals surface area contributed by atoms with Gasteiger partial charge in [-0.2, -0.15) is 0 Å². The number of benzene rings is 2. The lowest BCUT2D eigenvalue weighted by Gasteiger charge is -2.21. The average molecular weight is 605 g/mol. The molecule has 0 aliphatic heterocycles. The van der Waals surface area contributed by atoms with Crippen molar-refractivity contribution in [2.24, 2.45) is 11.8 Å². The molecule has 242 valence electrons. The standard InChI is InChI=1S/C38H56N2O4/c41-37(39-33-19-23-35(24-20-33)43-29-27-31-13-7-5-8-14-31)17-11-3-1-2-4-12-18-38(42)40-34-21-25-36(26-22-34)44-30-28-32-15-9-6-10-16-32/h19-26,31-32H,1-18,27-30H2,(H,39,41)(H,40,42). The molecule has 0 heterocycles. The Morgan fingerprint density at radius 2 is 0.886 bits per heavy atom. The average Bonchev–Trinajstić information content (AvgIpc) is 3.05. The van der Waals surface area contributed by atoms with Crippen LogP contribution in [0.15, 0.2) is 48.5 Å². The summed E-state index contributed by atoms with van der Waals surface area (Å²) >= 11 is 0. The van der Waals surface area contributed by atoms with Crippen LogP contribution < -0.4 is 20.1 Å². The summed E-state index contributed by atoms with van der Waals surface area (Å²) in [6.07, 6.45) is 23.0. The molecule has 2 amide bonds. The minimum Gasteiger partial charge on any atom is -0.494 e. The van der Waals surface area contributed by atoms with Crippen LogP contribution in [0.1, 0.15) is 128 Å². The van der Waals surface area contributed by atoms with E-state index in [1.54, 1.807) is 0 Å². The number of amides is 2. The summed E-state index contributed by atoms with van der Waals surface area (Å²) in [5, 5.41) is 6.00. The highest BCUT2D eigenvalue weighted by Gasteiger charge is 2.14. The monoisotopic (exact) mass is 604 g/mol. The number of nitrogens with one attached hydrogen (secondary N) is 2. The Morgan fingerprint density at radius 1 is 0.523 bits per heavy atom. The third-order valence-corrected chi connectivity index (χ3v) is 9.37. The summed E-state index contributed by atoms with van der Waals surface area (Å²) in [5.41, 5.74) is 1.64. The first-order valence-electron chi connectivity index (χ1n) is 17.7. The Balaban J connectivity index is 0.958. The Labute approximate surface area is 266 Å². The molecule has 0 aromatic heterocycles. The highest BCUT2D eigenvalue weighted by molar-refractivity contribution is 5.91. The van der Waals surface area contributed by atoms with Crippen LogP contribution in [0.2, 0.25) is 0 Å². The number of carbonyl (C=O) groups excluding carboxylic acids is 2. The van der Waals surface area contributed by atoms with E-state index in [1.807, 2.05) is 48.5 Å². The largest absolute Gasteiger partial charge is 0.494 e. The predicted molar refractivity (Wildman–Crippen MR) is 180 cm³/mol. The third-order valence-electron chi connectivity index (χ3n) is 9.37. The molecule has 2 aromatic rings. The van der Waals surface area contributed by atoms with Crippen molar-refractivity contribution >= 4 is 23.2 Å². The SMILES string of the molecule is O=C(CCCCCCCCC(=O)Nc1ccc(OCCC2CCCCC2)cc1)Nc1ccc(OCCC2CCCCC2)cc1. The van der Waals surface area contributed by atoms with E-state index < -0.39 is 0 Å². The molecule has 2 saturated carbocycles. The Morgan fingerprint density at radius 3 is 1.27 bits per heavy atom. The second-order valence-electron chi connectivity index (χ2n) is 13.0. The van der Waals surface area contributed by atoms with Gasteiger partial charge in [0.1, 0.15) is 11.5 Å². The van der Waals surface area contributed by atoms with Crippen molar-refractivity contribution in [2.75, 3.05) is 23.8 Å². The number of unbranched alkanes of at least 4 members (excludes halogenated alkanes) is 5. The van der Waals surface area contributed by atoms with Gasteiger partial charge >= 0.3 is 0 Å². The molecule has 2 aliphatic rings. The molecule has 2 fully saturated rings. The van der Waals surface area contributed by atoms with Gasteiger partial charge < -0.3 is 20.1 Å². The van der Waals surface area contributed by atoms with Crippen molar-refractivity contribution in [3.8, 4) is 11.5 Å². The number of hydrogen-bond acceptors (Lipinski definition) is 4. The van der Waals surface area contributed by atoms with E-state index in [4.69, 9.17) is 9.47 Å². The van der Waals surface area contributed by atoms with Crippen LogP contribution in [0.3, 0.4) is 0 Å². The van der Waals surface area contributed by atoms with Gasteiger partial charge in [-0.05, 0) is 86.1 Å². The summed E-state index contributed by atoms with van der Waals surface area (Å²) in [6.45, 7) is 1.54. The Kier molecular flexibility index (Phi) is 15.5. The molecule has 2 aromatic carbocycles. The van der Waals surface area contributed by atoms with Gasteiger partial charge in [0, 0.05) is 24.2 Å². The zero-order valence-electron chi connectivity index (χ0n) is 27.0. The normalized spacial score (nSPS) is 15.9. The molecule has 0 spiro atoms. The minimum absolute atomic E-state index is 0.0617. The fourth-order valence-electron chi connectivity index (χ4n) is 6.63. The minimum atomic E-state index is 0.0617. The van der Waals surface area contributed by atoms with Crippen molar-refractivity contribution in [3.05, 3.63) is 48.5 Å². The van der Waals surface area contributed by atoms with Gasteiger partial charge in [-0.1, -0.05) is 89.9 Å². The van der Waals surface area contributed by atoms with E-state index in [0.717, 1.165) is 99.3 Å². The van der Waals surface area contributed by atoms with Gasteiger partial charge in [0.25, 0.3) is 0 Å². The van der Waals surface area contributed by atoms with Gasteiger partial charge in [-0.25, -0.2) is 0 Å². The van der Waals surface area contributed by atoms with Crippen LogP contribution in [-0.4, -0.2) is 25.0 Å². The maximum atomic E-state index is 12.3. The van der Waals surface area contributed by atoms with Crippen LogP contribution in [0, 0.1) is 11.8 Å². The topological polar surface area (TPSA) is 76.7 Å². The maximum Gasteiger partial charge on any atom is 0.224 e. The van der Waals surface area contributed by atoms with Crippen LogP contribution in [0.5, 0.6) is 11.5 Å². The van der Waals surface area contributed by atoms with E-state index in [2.05, 4.69) is 10.6 Å². The van der Waals surface area contributed by atoms with E-state index in [1.165, 1.54) is 64.2 Å². The van der Waals surface area contributed by atoms with Crippen LogP contribution in [0.4, 0.5) is 11.4 Å². The molecule has 44 heavy (non-hydrogen) atoms. The molecule has 2 aliphatic carbocycles. The van der Waals surface area contributed by atoms with E-state index in [9.17, 15) is 9.59 Å². The molecule has 6 nitrogen and oxygen atoms in total. The molecule has 6 heteroatoms. The lowest BCUT2D eigenvalue weighted by molar-refractivity contribution is -0.117. The summed E-state index contributed by atoms with van der Waals surface area (Å²) in [7, 11) is 0. The molecular weight excluding hydrogens is 548 g/mol. The zero-order valence-corrected chi connectivity index (χ0v) is 27.0. The van der Waals surface area contributed by atoms with Gasteiger partial charge in [-0.15, -0.1) is 0 Å². The lowest BCUT2D eigenvalue weighted by Crippen LogP contribution is -2.12. The van der Waals surface area contributed by atoms with Crippen molar-refractivity contribution in [1.29, 1.82) is 0 Å². The number of hydrogen-bond donors (Lipinski definition) is 2. The smallest absolute Gasteiger partial charge is 0.224 e. The molecule has 4 rings (SSSR count). The number of ether oxygens (including phenoxy) is 2. The van der Waals surface area contributed by atoms with E-state index in [0.29, 0.717) is 12.8 Å². The predicted octanol–water partition coefficient (Wildman–Crippen LogP) is 10.1. The van der Waals surface area contributed by atoms with Crippen molar-refractivity contribution in [3.63, 3.8) is 0 Å². The molecule has 0 radical (unpaired) electrons. The Bertz CT molecular complexity index is 986. The highest BCUT2D eigenvalue weighted by Crippen LogP contribution is 2.28. The molecule has 2 N–H and O–H groups in total. The van der Waals surface area contributed by atoms with Gasteiger partial charge in [-0.3, -0.25) is 9.59 Å². The highest BCUT2D eigenvalue weighted by atomic mass is 16.5. The van der Waals surface area contributed by atoms with E-state index >= 15 is 0 Å². The summed E-state index contributed by atoms with van der Waals surface area (Å²) in [6, 6.07) is 15.5. The van der Waals surface area contributed by atoms with Crippen LogP contribution in [-0.2, 0) is 9.59 Å². The maximum absolute atomic E-state index is 12.3. The zero-order chi connectivity index (χ0) is 30.7. The lowest BCUT2D eigenvalue weighted by atomic mass is 9.87. The molecular formula is C38H56N2O4. The number of anilines is 2. The van der Waals surface area contributed by atoms with Crippen molar-refractivity contribution < 1.29 is 19.1 Å². The molecule has 0 bridgehead atoms. The fourth-order valence-corrected chi connectivity index (χ4v) is 6.63. The number of carbonyl (C=O) groups is 2. The quantitative estimate of drug-likeness (QED) is 0.156. The molecule has 0 unspecified atom stereocenters. The molecule has 0 saturated heterocycles. The first-order valence-corrected chi connectivity index (χ1v) is 17.7. The summed E-state index contributed by atoms with van der Waals surface area (Å²) in [5.74, 6) is 3.51. The third kappa shape index (κ3) is 13.7. The second-order valence-corrected chi connectivity index (χ2v) is 13.0. The van der Waals surface area contributed by atoms with Gasteiger partial charge in [0.15, 0.2) is 0 Å². The first-order chi connectivity index (χ1) is 21.6. The Hall–Kier alpha value is -3.02. The fraction of sp³-hybridized carbons (Fsp3) is 0.632. The van der Waals surface area contributed by atoms with E-state index in [-0.39, 0.29) is 11.8 Å². The van der Waals surface area contributed by atoms with Crippen LogP contribution in [0.25, 0.3) is 0 Å².